The Labute approximate surface area is 92.6 Å². The summed E-state index contributed by atoms with van der Waals surface area (Å²) >= 11 is 5.18. The first-order valence-corrected chi connectivity index (χ1v) is 6.58. The minimum atomic E-state index is 0.0603. The lowest BCUT2D eigenvalue weighted by Gasteiger charge is -2.28. The van der Waals surface area contributed by atoms with Crippen molar-refractivity contribution in [2.45, 2.75) is 29.8 Å². The van der Waals surface area contributed by atoms with E-state index in [1.165, 1.54) is 0 Å². The summed E-state index contributed by atoms with van der Waals surface area (Å²) in [7, 11) is 0. The molecule has 13 heavy (non-hydrogen) atoms. The number of alkyl halides is 1. The molecule has 1 saturated heterocycles. The van der Waals surface area contributed by atoms with E-state index in [1.807, 2.05) is 16.7 Å². The largest absolute Gasteiger partial charge is 0.340 e. The van der Waals surface area contributed by atoms with Gasteiger partial charge >= 0.3 is 0 Å². The van der Waals surface area contributed by atoms with Gasteiger partial charge in [0.25, 0.3) is 0 Å². The maximum atomic E-state index is 11.6. The third kappa shape index (κ3) is 2.88. The highest BCUT2D eigenvalue weighted by Crippen LogP contribution is 2.26. The fraction of sp³-hybridized carbons (Fsp3) is 0.889. The summed E-state index contributed by atoms with van der Waals surface area (Å²) in [6.45, 7) is 6.10. The molecule has 1 amide bonds. The Balaban J connectivity index is 2.51. The summed E-state index contributed by atoms with van der Waals surface area (Å²) in [5, 5.41) is 0. The van der Waals surface area contributed by atoms with Crippen molar-refractivity contribution in [3.05, 3.63) is 0 Å². The van der Waals surface area contributed by atoms with Gasteiger partial charge in [-0.25, -0.2) is 0 Å². The molecule has 76 valence electrons. The van der Waals surface area contributed by atoms with Crippen LogP contribution in [0, 0.1) is 0 Å². The maximum absolute atomic E-state index is 11.6. The van der Waals surface area contributed by atoms with Gasteiger partial charge in [-0.3, -0.25) is 4.79 Å². The number of hydrogen-bond acceptors (Lipinski definition) is 2. The van der Waals surface area contributed by atoms with E-state index in [0.717, 1.165) is 19.5 Å². The van der Waals surface area contributed by atoms with Gasteiger partial charge in [0.15, 0.2) is 0 Å². The van der Waals surface area contributed by atoms with Crippen molar-refractivity contribution in [1.29, 1.82) is 0 Å². The highest BCUT2D eigenvalue weighted by atomic mass is 79.9. The molecule has 1 atom stereocenters. The molecule has 1 heterocycles. The number of carbonyl (C=O) groups is 1. The third-order valence-corrected chi connectivity index (χ3v) is 4.44. The Morgan fingerprint density at radius 2 is 2.31 bits per heavy atom. The molecule has 0 aromatic heterocycles. The molecule has 1 aliphatic heterocycles. The van der Waals surface area contributed by atoms with Crippen LogP contribution in [0.15, 0.2) is 0 Å². The maximum Gasteiger partial charge on any atom is 0.236 e. The average molecular weight is 266 g/mol. The van der Waals surface area contributed by atoms with E-state index in [-0.39, 0.29) is 15.5 Å². The van der Waals surface area contributed by atoms with Crippen LogP contribution >= 0.6 is 27.7 Å². The number of likely N-dealkylation sites (tertiary alicyclic amines) is 1. The number of carbonyl (C=O) groups excluding carboxylic acids is 1. The monoisotopic (exact) mass is 265 g/mol. The van der Waals surface area contributed by atoms with Gasteiger partial charge in [0.1, 0.15) is 0 Å². The van der Waals surface area contributed by atoms with E-state index in [1.54, 1.807) is 0 Å². The fourth-order valence-electron chi connectivity index (χ4n) is 1.38. The van der Waals surface area contributed by atoms with Gasteiger partial charge < -0.3 is 4.90 Å². The van der Waals surface area contributed by atoms with E-state index in [9.17, 15) is 4.79 Å². The van der Waals surface area contributed by atoms with Crippen LogP contribution < -0.4 is 0 Å². The summed E-state index contributed by atoms with van der Waals surface area (Å²) in [6, 6.07) is 0. The standard InChI is InChI=1S/C9H16BrNOS/c1-9(2,13-3)6-11-5-4-7(10)8(11)12/h7H,4-6H2,1-3H3. The third-order valence-electron chi connectivity index (χ3n) is 2.36. The molecule has 0 bridgehead atoms. The number of thioether (sulfide) groups is 1. The molecule has 1 aliphatic rings. The summed E-state index contributed by atoms with van der Waals surface area (Å²) in [5.41, 5.74) is 0. The molecule has 0 aromatic carbocycles. The van der Waals surface area contributed by atoms with Crippen LogP contribution in [0.3, 0.4) is 0 Å². The average Bonchev–Trinajstić information content (AvgIpc) is 2.36. The Bertz CT molecular complexity index is 208. The minimum Gasteiger partial charge on any atom is -0.340 e. The molecule has 0 aromatic rings. The van der Waals surface area contributed by atoms with Crippen molar-refractivity contribution in [2.75, 3.05) is 19.3 Å². The molecule has 1 rings (SSSR count). The van der Waals surface area contributed by atoms with E-state index in [4.69, 9.17) is 0 Å². The molecule has 2 nitrogen and oxygen atoms in total. The summed E-state index contributed by atoms with van der Waals surface area (Å²) < 4.78 is 0.173. The van der Waals surface area contributed by atoms with Gasteiger partial charge in [0.05, 0.1) is 4.83 Å². The summed E-state index contributed by atoms with van der Waals surface area (Å²) in [5.74, 6) is 0.252. The quantitative estimate of drug-likeness (QED) is 0.729. The highest BCUT2D eigenvalue weighted by Gasteiger charge is 2.32. The van der Waals surface area contributed by atoms with Gasteiger partial charge in [-0.15, -0.1) is 0 Å². The first kappa shape index (κ1) is 11.4. The van der Waals surface area contributed by atoms with Crippen molar-refractivity contribution >= 4 is 33.6 Å². The predicted octanol–water partition coefficient (Wildman–Crippen LogP) is 2.12. The number of amides is 1. The summed E-state index contributed by atoms with van der Waals surface area (Å²) in [4.78, 5) is 13.6. The highest BCUT2D eigenvalue weighted by molar-refractivity contribution is 9.10. The lowest BCUT2D eigenvalue weighted by atomic mass is 10.2. The molecule has 0 spiro atoms. The molecule has 0 aliphatic carbocycles. The Morgan fingerprint density at radius 1 is 1.69 bits per heavy atom. The van der Waals surface area contributed by atoms with E-state index >= 15 is 0 Å². The molecular weight excluding hydrogens is 250 g/mol. The van der Waals surface area contributed by atoms with Gasteiger partial charge in [-0.1, -0.05) is 15.9 Å². The van der Waals surface area contributed by atoms with Crippen LogP contribution in [-0.4, -0.2) is 39.7 Å². The molecule has 0 N–H and O–H groups in total. The number of nitrogens with zero attached hydrogens (tertiary/aromatic N) is 1. The molecule has 0 saturated carbocycles. The lowest BCUT2D eigenvalue weighted by Crippen LogP contribution is -2.38. The predicted molar refractivity (Wildman–Crippen MR) is 61.5 cm³/mol. The Kier molecular flexibility index (Phi) is 3.69. The molecule has 4 heteroatoms. The second-order valence-electron chi connectivity index (χ2n) is 3.98. The fourth-order valence-corrected chi connectivity index (χ4v) is 2.16. The molecule has 1 fully saturated rings. The van der Waals surface area contributed by atoms with Crippen molar-refractivity contribution < 1.29 is 4.79 Å². The van der Waals surface area contributed by atoms with Gasteiger partial charge in [0, 0.05) is 17.8 Å². The first-order valence-electron chi connectivity index (χ1n) is 4.44. The van der Waals surface area contributed by atoms with Crippen LogP contribution in [0.25, 0.3) is 0 Å². The van der Waals surface area contributed by atoms with E-state index < -0.39 is 0 Å². The van der Waals surface area contributed by atoms with Crippen LogP contribution in [-0.2, 0) is 4.79 Å². The van der Waals surface area contributed by atoms with Crippen LogP contribution in [0.5, 0.6) is 0 Å². The number of hydrogen-bond donors (Lipinski definition) is 0. The second kappa shape index (κ2) is 4.22. The number of rotatable bonds is 3. The van der Waals surface area contributed by atoms with Crippen molar-refractivity contribution in [3.63, 3.8) is 0 Å². The van der Waals surface area contributed by atoms with Crippen LogP contribution in [0.1, 0.15) is 20.3 Å². The lowest BCUT2D eigenvalue weighted by molar-refractivity contribution is -0.127. The zero-order valence-electron chi connectivity index (χ0n) is 8.34. The SMILES string of the molecule is CSC(C)(C)CN1CCC(Br)C1=O. The van der Waals surface area contributed by atoms with Crippen molar-refractivity contribution in [2.24, 2.45) is 0 Å². The summed E-state index contributed by atoms with van der Waals surface area (Å²) in [6.07, 6.45) is 3.04. The Hall–Kier alpha value is 0.300. The normalized spacial score (nSPS) is 24.2. The molecular formula is C9H16BrNOS. The van der Waals surface area contributed by atoms with Gasteiger partial charge in [-0.05, 0) is 26.5 Å². The topological polar surface area (TPSA) is 20.3 Å². The second-order valence-corrected chi connectivity index (χ2v) is 6.60. The minimum absolute atomic E-state index is 0.0603. The van der Waals surface area contributed by atoms with Gasteiger partial charge in [0.2, 0.25) is 5.91 Å². The molecule has 1 unspecified atom stereocenters. The van der Waals surface area contributed by atoms with Gasteiger partial charge in [-0.2, -0.15) is 11.8 Å². The zero-order chi connectivity index (χ0) is 10.1. The van der Waals surface area contributed by atoms with Crippen LogP contribution in [0.4, 0.5) is 0 Å². The van der Waals surface area contributed by atoms with Crippen molar-refractivity contribution in [3.8, 4) is 0 Å². The number of halogens is 1. The van der Waals surface area contributed by atoms with Crippen molar-refractivity contribution in [1.82, 2.24) is 4.90 Å². The zero-order valence-corrected chi connectivity index (χ0v) is 10.7. The molecule has 0 radical (unpaired) electrons. The van der Waals surface area contributed by atoms with E-state index in [2.05, 4.69) is 36.0 Å². The Morgan fingerprint density at radius 3 is 2.69 bits per heavy atom. The smallest absolute Gasteiger partial charge is 0.236 e. The van der Waals surface area contributed by atoms with Crippen LogP contribution in [0.2, 0.25) is 0 Å². The first-order chi connectivity index (χ1) is 5.96. The van der Waals surface area contributed by atoms with E-state index in [0.29, 0.717) is 0 Å².